The van der Waals surface area contributed by atoms with Crippen molar-refractivity contribution in [2.75, 3.05) is 20.2 Å². The second kappa shape index (κ2) is 8.36. The lowest BCUT2D eigenvalue weighted by molar-refractivity contribution is 0.128. The van der Waals surface area contributed by atoms with Gasteiger partial charge in [-0.3, -0.25) is 0 Å². The van der Waals surface area contributed by atoms with Gasteiger partial charge in [0.15, 0.2) is 5.82 Å². The monoisotopic (exact) mass is 433 g/mol. The average Bonchev–Trinajstić information content (AvgIpc) is 3.29. The molecule has 1 fully saturated rings. The van der Waals surface area contributed by atoms with Crippen molar-refractivity contribution >= 4 is 10.0 Å². The Hall–Kier alpha value is -3.05. The molecule has 11 heteroatoms. The third-order valence-corrected chi connectivity index (χ3v) is 6.72. The fourth-order valence-electron chi connectivity index (χ4n) is 3.25. The first-order valence-electron chi connectivity index (χ1n) is 9.31. The van der Waals surface area contributed by atoms with E-state index >= 15 is 0 Å². The van der Waals surface area contributed by atoms with Gasteiger partial charge in [0.2, 0.25) is 15.9 Å². The number of benzene rings is 1. The van der Waals surface area contributed by atoms with E-state index in [0.29, 0.717) is 24.5 Å². The van der Waals surface area contributed by atoms with E-state index in [1.54, 1.807) is 35.3 Å². The van der Waals surface area contributed by atoms with Crippen molar-refractivity contribution in [2.45, 2.75) is 23.8 Å². The number of rotatable bonds is 6. The summed E-state index contributed by atoms with van der Waals surface area (Å²) in [7, 11) is -2.53. The van der Waals surface area contributed by atoms with Crippen LogP contribution in [-0.4, -0.2) is 59.0 Å². The molecule has 1 aliphatic rings. The number of aromatic nitrogens is 4. The van der Waals surface area contributed by atoms with Gasteiger partial charge in [-0.25, -0.2) is 17.5 Å². The van der Waals surface area contributed by atoms with Gasteiger partial charge in [0.1, 0.15) is 22.6 Å². The number of hydrogen-bond donors (Lipinski definition) is 0. The van der Waals surface area contributed by atoms with Crippen LogP contribution >= 0.6 is 0 Å². The maximum absolute atomic E-state index is 13.6. The van der Waals surface area contributed by atoms with E-state index in [4.69, 9.17) is 9.47 Å². The highest BCUT2D eigenvalue weighted by Crippen LogP contribution is 2.29. The Morgan fingerprint density at radius 1 is 1.13 bits per heavy atom. The molecule has 30 heavy (non-hydrogen) atoms. The van der Waals surface area contributed by atoms with E-state index in [-0.39, 0.29) is 29.8 Å². The van der Waals surface area contributed by atoms with Crippen molar-refractivity contribution in [1.82, 2.24) is 24.3 Å². The molecule has 1 aromatic carbocycles. The summed E-state index contributed by atoms with van der Waals surface area (Å²) in [6.07, 6.45) is 4.15. The maximum Gasteiger partial charge on any atom is 0.246 e. The maximum atomic E-state index is 13.6. The van der Waals surface area contributed by atoms with Crippen molar-refractivity contribution in [2.24, 2.45) is 0 Å². The number of ether oxygens (including phenoxy) is 2. The molecule has 2 aromatic heterocycles. The van der Waals surface area contributed by atoms with Gasteiger partial charge in [0.05, 0.1) is 7.11 Å². The highest BCUT2D eigenvalue weighted by atomic mass is 32.2. The van der Waals surface area contributed by atoms with Crippen molar-refractivity contribution < 1.29 is 22.3 Å². The van der Waals surface area contributed by atoms with Crippen LogP contribution < -0.4 is 9.47 Å². The molecule has 3 heterocycles. The predicted octanol–water partition coefficient (Wildman–Crippen LogP) is 2.04. The van der Waals surface area contributed by atoms with Crippen LogP contribution in [0.5, 0.6) is 11.6 Å². The predicted molar refractivity (Wildman–Crippen MR) is 105 cm³/mol. The normalized spacial score (nSPS) is 15.8. The molecule has 0 bridgehead atoms. The van der Waals surface area contributed by atoms with Gasteiger partial charge in [-0.05, 0) is 43.2 Å². The standard InChI is InChI=1S/C19H20FN5O4S/c1-28-16-4-3-14(20)13-17(16)30(26,27)24-11-7-15(8-12-24)29-19-6-5-18(22-23-19)25-10-2-9-21-25/h2-6,9-10,13,15H,7-8,11-12H2,1H3. The molecule has 0 N–H and O–H groups in total. The van der Waals surface area contributed by atoms with E-state index in [0.717, 1.165) is 12.1 Å². The van der Waals surface area contributed by atoms with Crippen LogP contribution in [0.1, 0.15) is 12.8 Å². The molecule has 0 amide bonds. The lowest BCUT2D eigenvalue weighted by Gasteiger charge is -2.31. The van der Waals surface area contributed by atoms with Gasteiger partial charge in [0.25, 0.3) is 0 Å². The Bertz CT molecular complexity index is 1100. The first-order chi connectivity index (χ1) is 14.5. The molecule has 3 aromatic rings. The van der Waals surface area contributed by atoms with Crippen LogP contribution in [0.2, 0.25) is 0 Å². The molecule has 0 atom stereocenters. The van der Waals surface area contributed by atoms with Gasteiger partial charge in [-0.2, -0.15) is 9.40 Å². The minimum atomic E-state index is -3.88. The average molecular weight is 433 g/mol. The van der Waals surface area contributed by atoms with Gasteiger partial charge < -0.3 is 9.47 Å². The lowest BCUT2D eigenvalue weighted by atomic mass is 10.1. The van der Waals surface area contributed by atoms with Crippen LogP contribution in [0, 0.1) is 5.82 Å². The van der Waals surface area contributed by atoms with Crippen molar-refractivity contribution in [3.05, 3.63) is 54.6 Å². The van der Waals surface area contributed by atoms with Crippen molar-refractivity contribution in [3.63, 3.8) is 0 Å². The number of sulfonamides is 1. The van der Waals surface area contributed by atoms with Gasteiger partial charge in [0, 0.05) is 31.5 Å². The number of methoxy groups -OCH3 is 1. The largest absolute Gasteiger partial charge is 0.495 e. The lowest BCUT2D eigenvalue weighted by Crippen LogP contribution is -2.41. The second-order valence-corrected chi connectivity index (χ2v) is 8.60. The minimum absolute atomic E-state index is 0.113. The van der Waals surface area contributed by atoms with Gasteiger partial charge in [-0.15, -0.1) is 10.2 Å². The summed E-state index contributed by atoms with van der Waals surface area (Å²) in [4.78, 5) is -0.176. The number of piperidine rings is 1. The molecule has 4 rings (SSSR count). The Balaban J connectivity index is 1.40. The van der Waals surface area contributed by atoms with Crippen LogP contribution in [0.3, 0.4) is 0 Å². The van der Waals surface area contributed by atoms with Crippen LogP contribution in [0.25, 0.3) is 5.82 Å². The zero-order valence-electron chi connectivity index (χ0n) is 16.2. The molecule has 1 saturated heterocycles. The van der Waals surface area contributed by atoms with Crippen molar-refractivity contribution in [1.29, 1.82) is 0 Å². The van der Waals surface area contributed by atoms with E-state index < -0.39 is 15.8 Å². The quantitative estimate of drug-likeness (QED) is 0.587. The smallest absolute Gasteiger partial charge is 0.246 e. The summed E-state index contributed by atoms with van der Waals surface area (Å²) in [6.45, 7) is 0.483. The molecule has 0 unspecified atom stereocenters. The molecule has 0 spiro atoms. The van der Waals surface area contributed by atoms with Crippen LogP contribution in [0.4, 0.5) is 4.39 Å². The van der Waals surface area contributed by atoms with E-state index in [1.807, 2.05) is 0 Å². The third-order valence-electron chi connectivity index (χ3n) is 4.80. The van der Waals surface area contributed by atoms with Crippen molar-refractivity contribution in [3.8, 4) is 17.4 Å². The Morgan fingerprint density at radius 3 is 2.57 bits per heavy atom. The molecule has 0 radical (unpaired) electrons. The highest BCUT2D eigenvalue weighted by Gasteiger charge is 2.32. The summed E-state index contributed by atoms with van der Waals surface area (Å²) < 4.78 is 53.4. The summed E-state index contributed by atoms with van der Waals surface area (Å²) in [5, 5.41) is 12.2. The second-order valence-electron chi connectivity index (χ2n) is 6.70. The van der Waals surface area contributed by atoms with E-state index in [9.17, 15) is 12.8 Å². The molecule has 158 valence electrons. The number of nitrogens with zero attached hydrogens (tertiary/aromatic N) is 5. The van der Waals surface area contributed by atoms with E-state index in [2.05, 4.69) is 15.3 Å². The summed E-state index contributed by atoms with van der Waals surface area (Å²) >= 11 is 0. The fraction of sp³-hybridized carbons (Fsp3) is 0.316. The summed E-state index contributed by atoms with van der Waals surface area (Å²) in [6, 6.07) is 8.68. The summed E-state index contributed by atoms with van der Waals surface area (Å²) in [5.41, 5.74) is 0. The highest BCUT2D eigenvalue weighted by molar-refractivity contribution is 7.89. The minimum Gasteiger partial charge on any atom is -0.495 e. The Morgan fingerprint density at radius 2 is 1.93 bits per heavy atom. The van der Waals surface area contributed by atoms with Crippen LogP contribution in [-0.2, 0) is 10.0 Å². The molecular formula is C19H20FN5O4S. The van der Waals surface area contributed by atoms with Gasteiger partial charge >= 0.3 is 0 Å². The third kappa shape index (κ3) is 4.12. The molecule has 1 aliphatic heterocycles. The Labute approximate surface area is 173 Å². The first-order valence-corrected chi connectivity index (χ1v) is 10.8. The molecule has 9 nitrogen and oxygen atoms in total. The molecular weight excluding hydrogens is 413 g/mol. The van der Waals surface area contributed by atoms with Gasteiger partial charge in [-0.1, -0.05) is 0 Å². The topological polar surface area (TPSA) is 99.4 Å². The number of hydrogen-bond acceptors (Lipinski definition) is 7. The zero-order chi connectivity index (χ0) is 21.1. The zero-order valence-corrected chi connectivity index (χ0v) is 17.0. The first kappa shape index (κ1) is 20.2. The Kier molecular flexibility index (Phi) is 5.64. The van der Waals surface area contributed by atoms with E-state index in [1.165, 1.54) is 17.5 Å². The van der Waals surface area contributed by atoms with Crippen LogP contribution in [0.15, 0.2) is 53.7 Å². The molecule has 0 saturated carbocycles. The molecule has 0 aliphatic carbocycles. The number of halogens is 1. The fourth-order valence-corrected chi connectivity index (χ4v) is 4.89. The SMILES string of the molecule is COc1ccc(F)cc1S(=O)(=O)N1CCC(Oc2ccc(-n3cccn3)nn2)CC1. The summed E-state index contributed by atoms with van der Waals surface area (Å²) in [5.74, 6) is 0.406.